The topological polar surface area (TPSA) is 133 Å². The number of imidazole rings is 1. The molecule has 4 heterocycles. The smallest absolute Gasteiger partial charge is 0.228 e. The molecule has 1 aromatic carbocycles. The van der Waals surface area contributed by atoms with E-state index in [-0.39, 0.29) is 12.6 Å². The van der Waals surface area contributed by atoms with Gasteiger partial charge in [0.25, 0.3) is 0 Å². The number of aryl methyl sites for hydroxylation is 1. The minimum atomic E-state index is -1.03. The van der Waals surface area contributed by atoms with Gasteiger partial charge < -0.3 is 35.1 Å². The predicted molar refractivity (Wildman–Crippen MR) is 129 cm³/mol. The number of hydrogen-bond donors (Lipinski definition) is 4. The zero-order valence-corrected chi connectivity index (χ0v) is 18.7. The monoisotopic (exact) mass is 462 g/mol. The number of morpholine rings is 1. The first-order valence-electron chi connectivity index (χ1n) is 11.1. The first-order valence-corrected chi connectivity index (χ1v) is 11.1. The second-order valence-corrected chi connectivity index (χ2v) is 7.91. The highest BCUT2D eigenvalue weighted by atomic mass is 16.5. The molecule has 1 aliphatic heterocycles. The number of H-pyrrole nitrogens is 1. The van der Waals surface area contributed by atoms with Crippen LogP contribution < -0.4 is 20.3 Å². The van der Waals surface area contributed by atoms with Crippen molar-refractivity contribution < 1.29 is 14.6 Å². The Balaban J connectivity index is 1.40. The molecule has 0 bridgehead atoms. The highest BCUT2D eigenvalue weighted by Gasteiger charge is 2.21. The zero-order valence-electron chi connectivity index (χ0n) is 18.7. The Morgan fingerprint density at radius 3 is 2.85 bits per heavy atom. The number of hydrogen-bond acceptors (Lipinski definition) is 10. The maximum atomic E-state index is 10.5. The number of nitrogens with zero attached hydrogens (tertiary/aromatic N) is 5. The van der Waals surface area contributed by atoms with Crippen LogP contribution in [0.2, 0.25) is 0 Å². The largest absolute Gasteiger partial charge is 0.487 e. The van der Waals surface area contributed by atoms with Crippen LogP contribution in [0.5, 0.6) is 5.75 Å². The van der Waals surface area contributed by atoms with Gasteiger partial charge in [-0.2, -0.15) is 15.0 Å². The molecule has 0 aliphatic carbocycles. The second kappa shape index (κ2) is 9.89. The number of rotatable bonds is 8. The fraction of sp³-hybridized carbons (Fsp3) is 0.304. The predicted octanol–water partition coefficient (Wildman–Crippen LogP) is 2.45. The number of aromatic nitrogens is 5. The molecule has 0 amide bonds. The van der Waals surface area contributed by atoms with E-state index >= 15 is 0 Å². The number of pyridine rings is 1. The molecule has 0 saturated carbocycles. The van der Waals surface area contributed by atoms with Gasteiger partial charge >= 0.3 is 0 Å². The molecule has 34 heavy (non-hydrogen) atoms. The summed E-state index contributed by atoms with van der Waals surface area (Å²) in [6.45, 7) is 4.64. The Labute approximate surface area is 196 Å². The summed E-state index contributed by atoms with van der Waals surface area (Å²) in [5.74, 6) is 2.07. The Kier molecular flexibility index (Phi) is 6.36. The molecule has 3 aromatic heterocycles. The van der Waals surface area contributed by atoms with Gasteiger partial charge in [0, 0.05) is 25.0 Å². The molecule has 0 radical (unpaired) electrons. The Morgan fingerprint density at radius 1 is 1.18 bits per heavy atom. The molecule has 5 rings (SSSR count). The second-order valence-electron chi connectivity index (χ2n) is 7.91. The summed E-state index contributed by atoms with van der Waals surface area (Å²) in [7, 11) is 0. The van der Waals surface area contributed by atoms with Gasteiger partial charge in [0.05, 0.1) is 19.4 Å². The summed E-state index contributed by atoms with van der Waals surface area (Å²) in [5, 5.41) is 16.6. The van der Waals surface area contributed by atoms with Crippen molar-refractivity contribution in [3.05, 3.63) is 54.4 Å². The van der Waals surface area contributed by atoms with Gasteiger partial charge in [-0.1, -0.05) is 12.1 Å². The lowest BCUT2D eigenvalue weighted by molar-refractivity contribution is 0.122. The van der Waals surface area contributed by atoms with E-state index in [0.717, 1.165) is 11.3 Å². The number of fused-ring (bicyclic) bond motifs is 1. The molecule has 0 spiro atoms. The number of anilines is 4. The molecular weight excluding hydrogens is 436 g/mol. The van der Waals surface area contributed by atoms with E-state index in [1.54, 1.807) is 24.5 Å². The van der Waals surface area contributed by atoms with E-state index < -0.39 is 6.23 Å². The van der Waals surface area contributed by atoms with E-state index in [1.165, 1.54) is 0 Å². The van der Waals surface area contributed by atoms with Gasteiger partial charge in [0.2, 0.25) is 11.9 Å². The van der Waals surface area contributed by atoms with Crippen LogP contribution in [0.1, 0.15) is 5.56 Å². The third kappa shape index (κ3) is 5.16. The normalized spacial score (nSPS) is 14.7. The molecule has 1 saturated heterocycles. The lowest BCUT2D eigenvalue weighted by Crippen LogP contribution is -2.37. The highest BCUT2D eigenvalue weighted by Crippen LogP contribution is 2.27. The lowest BCUT2D eigenvalue weighted by atomic mass is 10.2. The minimum absolute atomic E-state index is 0.000702. The van der Waals surface area contributed by atoms with Crippen LogP contribution in [-0.2, 0) is 4.74 Å². The molecule has 4 aromatic rings. The molecule has 1 unspecified atom stereocenters. The van der Waals surface area contributed by atoms with Gasteiger partial charge in [0.1, 0.15) is 17.9 Å². The van der Waals surface area contributed by atoms with Crippen molar-refractivity contribution in [2.75, 3.05) is 48.4 Å². The number of aliphatic hydroxyl groups excluding tert-OH is 1. The Morgan fingerprint density at radius 2 is 2.06 bits per heavy atom. The van der Waals surface area contributed by atoms with Crippen molar-refractivity contribution in [2.45, 2.75) is 13.2 Å². The van der Waals surface area contributed by atoms with Crippen LogP contribution in [0.3, 0.4) is 0 Å². The third-order valence-electron chi connectivity index (χ3n) is 5.26. The first kappa shape index (κ1) is 21.9. The van der Waals surface area contributed by atoms with E-state index in [4.69, 9.17) is 9.47 Å². The van der Waals surface area contributed by atoms with Gasteiger partial charge in [-0.3, -0.25) is 4.98 Å². The first-order chi connectivity index (χ1) is 16.6. The Bertz CT molecular complexity index is 1240. The van der Waals surface area contributed by atoms with Crippen molar-refractivity contribution in [2.24, 2.45) is 0 Å². The molecule has 1 atom stereocenters. The molecule has 176 valence electrons. The molecule has 1 fully saturated rings. The maximum Gasteiger partial charge on any atom is 0.228 e. The van der Waals surface area contributed by atoms with Gasteiger partial charge in [0.15, 0.2) is 17.7 Å². The van der Waals surface area contributed by atoms with Crippen molar-refractivity contribution in [1.29, 1.82) is 0 Å². The van der Waals surface area contributed by atoms with Crippen molar-refractivity contribution >= 4 is 34.6 Å². The standard InChI is InChI=1S/C23H26N8O3/c1-15-4-2-5-16(12-15)25-22-27-19-20(28-22)29-23(30-21(19)31-8-10-33-11-9-31)26-18(32)14-34-17-6-3-7-24-13-17/h2-7,12-13,18,32H,8-11,14H2,1H3,(H3,25,26,27,28,29,30). The summed E-state index contributed by atoms with van der Waals surface area (Å²) in [5.41, 5.74) is 3.25. The van der Waals surface area contributed by atoms with Crippen LogP contribution >= 0.6 is 0 Å². The zero-order chi connectivity index (χ0) is 23.3. The number of nitrogens with one attached hydrogen (secondary N) is 3. The van der Waals surface area contributed by atoms with Crippen molar-refractivity contribution in [1.82, 2.24) is 24.9 Å². The van der Waals surface area contributed by atoms with Crippen molar-refractivity contribution in [3.8, 4) is 5.75 Å². The lowest BCUT2D eigenvalue weighted by Gasteiger charge is -2.28. The molecule has 4 N–H and O–H groups in total. The summed E-state index contributed by atoms with van der Waals surface area (Å²) < 4.78 is 11.1. The van der Waals surface area contributed by atoms with Gasteiger partial charge in [-0.15, -0.1) is 0 Å². The summed E-state index contributed by atoms with van der Waals surface area (Å²) >= 11 is 0. The average molecular weight is 463 g/mol. The van der Waals surface area contributed by atoms with E-state index in [2.05, 4.69) is 40.5 Å². The maximum absolute atomic E-state index is 10.5. The third-order valence-corrected chi connectivity index (χ3v) is 5.26. The fourth-order valence-corrected chi connectivity index (χ4v) is 3.67. The fourth-order valence-electron chi connectivity index (χ4n) is 3.67. The number of ether oxygens (including phenoxy) is 2. The van der Waals surface area contributed by atoms with Crippen LogP contribution in [-0.4, -0.2) is 69.2 Å². The van der Waals surface area contributed by atoms with Crippen LogP contribution in [0, 0.1) is 6.92 Å². The number of benzene rings is 1. The van der Waals surface area contributed by atoms with Crippen molar-refractivity contribution in [3.63, 3.8) is 0 Å². The van der Waals surface area contributed by atoms with Gasteiger partial charge in [-0.25, -0.2) is 0 Å². The minimum Gasteiger partial charge on any atom is -0.487 e. The summed E-state index contributed by atoms with van der Waals surface area (Å²) in [6.07, 6.45) is 2.21. The average Bonchev–Trinajstić information content (AvgIpc) is 3.25. The van der Waals surface area contributed by atoms with Crippen LogP contribution in [0.4, 0.5) is 23.4 Å². The molecular formula is C23H26N8O3. The quantitative estimate of drug-likeness (QED) is 0.289. The van der Waals surface area contributed by atoms with Crippen LogP contribution in [0.25, 0.3) is 11.2 Å². The van der Waals surface area contributed by atoms with E-state index in [9.17, 15) is 5.11 Å². The molecule has 1 aliphatic rings. The van der Waals surface area contributed by atoms with Crippen LogP contribution in [0.15, 0.2) is 48.8 Å². The Hall–Kier alpha value is -3.96. The van der Waals surface area contributed by atoms with E-state index in [1.807, 2.05) is 31.2 Å². The molecule has 11 heteroatoms. The molecule has 11 nitrogen and oxygen atoms in total. The SMILES string of the molecule is Cc1cccc(Nc2nc3nc(NC(O)COc4cccnc4)nc(N4CCOCC4)c3[nH]2)c1. The summed E-state index contributed by atoms with van der Waals surface area (Å²) in [4.78, 5) is 23.2. The number of aromatic amines is 1. The van der Waals surface area contributed by atoms with Gasteiger partial charge in [-0.05, 0) is 36.8 Å². The van der Waals surface area contributed by atoms with E-state index in [0.29, 0.717) is 55.0 Å². The highest BCUT2D eigenvalue weighted by molar-refractivity contribution is 5.87. The number of aliphatic hydroxyl groups is 1. The summed E-state index contributed by atoms with van der Waals surface area (Å²) in [6, 6.07) is 11.6.